The quantitative estimate of drug-likeness (QED) is 0.535. The van der Waals surface area contributed by atoms with Crippen LogP contribution in [-0.2, 0) is 29.0 Å². The van der Waals surface area contributed by atoms with E-state index in [2.05, 4.69) is 15.3 Å². The first-order valence-corrected chi connectivity index (χ1v) is 11.5. The summed E-state index contributed by atoms with van der Waals surface area (Å²) in [5.74, 6) is -0.0484. The van der Waals surface area contributed by atoms with E-state index in [0.29, 0.717) is 18.5 Å². The van der Waals surface area contributed by atoms with Gasteiger partial charge >= 0.3 is 5.97 Å². The van der Waals surface area contributed by atoms with E-state index in [0.717, 1.165) is 52.8 Å². The third kappa shape index (κ3) is 6.44. The number of hydrogen-bond acceptors (Lipinski definition) is 5. The highest BCUT2D eigenvalue weighted by Gasteiger charge is 2.16. The Labute approximate surface area is 211 Å². The number of benzene rings is 1. The molecule has 0 bridgehead atoms. The van der Waals surface area contributed by atoms with E-state index in [9.17, 15) is 9.59 Å². The summed E-state index contributed by atoms with van der Waals surface area (Å²) < 4.78 is 5.30. The maximum absolute atomic E-state index is 12.3. The number of pyridine rings is 2. The van der Waals surface area contributed by atoms with Crippen molar-refractivity contribution < 1.29 is 19.4 Å². The van der Waals surface area contributed by atoms with Crippen LogP contribution in [0.2, 0.25) is 0 Å². The Bertz CT molecular complexity index is 1300. The molecule has 0 fully saturated rings. The van der Waals surface area contributed by atoms with Crippen molar-refractivity contribution in [2.45, 2.75) is 39.7 Å². The molecule has 0 atom stereocenters. The van der Waals surface area contributed by atoms with Crippen LogP contribution >= 0.6 is 0 Å². The maximum atomic E-state index is 12.3. The van der Waals surface area contributed by atoms with Crippen LogP contribution in [0.3, 0.4) is 0 Å². The standard InChI is InChI=1S/C18H18N2O2.C10H9NO2.CH4/c1-22-17-5-3-2-4-16(17)12-20-18(21)14-6-7-15-11-19-9-8-13(15)10-14;12-10(13)8-1-2-9-6-11-4-3-7(9)5-8;/h2-5,8-11H,6-7,12H2,1H3,(H,20,21);3-6H,1-2H2,(H,12,13);1H4. The van der Waals surface area contributed by atoms with Crippen LogP contribution in [0.4, 0.5) is 0 Å². The zero-order valence-electron chi connectivity index (χ0n) is 19.5. The van der Waals surface area contributed by atoms with Crippen LogP contribution in [0.5, 0.6) is 5.75 Å². The van der Waals surface area contributed by atoms with Crippen LogP contribution in [-0.4, -0.2) is 34.1 Å². The number of carbonyl (C=O) groups excluding carboxylic acids is 1. The zero-order chi connectivity index (χ0) is 24.6. The molecule has 2 aliphatic carbocycles. The van der Waals surface area contributed by atoms with Gasteiger partial charge in [0.05, 0.1) is 7.11 Å². The molecule has 0 aliphatic heterocycles. The highest BCUT2D eigenvalue weighted by atomic mass is 16.5. The van der Waals surface area contributed by atoms with Crippen molar-refractivity contribution in [1.29, 1.82) is 0 Å². The van der Waals surface area contributed by atoms with Gasteiger partial charge in [-0.05, 0) is 78.3 Å². The van der Waals surface area contributed by atoms with E-state index < -0.39 is 5.97 Å². The van der Waals surface area contributed by atoms with E-state index in [1.807, 2.05) is 48.7 Å². The number of aromatic nitrogens is 2. The lowest BCUT2D eigenvalue weighted by atomic mass is 9.93. The number of carboxylic acids is 1. The smallest absolute Gasteiger partial charge is 0.331 e. The predicted octanol–water partition coefficient (Wildman–Crippen LogP) is 4.87. The summed E-state index contributed by atoms with van der Waals surface area (Å²) in [6, 6.07) is 11.5. The number of carbonyl (C=O) groups is 2. The molecule has 0 saturated heterocycles. The number of methoxy groups -OCH3 is 1. The molecule has 7 nitrogen and oxygen atoms in total. The number of para-hydroxylation sites is 1. The highest BCUT2D eigenvalue weighted by Crippen LogP contribution is 2.24. The van der Waals surface area contributed by atoms with Gasteiger partial charge in [0.2, 0.25) is 5.91 Å². The normalized spacial score (nSPS) is 13.2. The van der Waals surface area contributed by atoms with Crippen molar-refractivity contribution in [2.75, 3.05) is 7.11 Å². The average Bonchev–Trinajstić information content (AvgIpc) is 2.91. The molecule has 3 aromatic rings. The predicted molar refractivity (Wildman–Crippen MR) is 140 cm³/mol. The Morgan fingerprint density at radius 1 is 0.889 bits per heavy atom. The van der Waals surface area contributed by atoms with Gasteiger partial charge in [-0.25, -0.2) is 4.79 Å². The van der Waals surface area contributed by atoms with Gasteiger partial charge in [0, 0.05) is 48.0 Å². The Balaban J connectivity index is 0.000000221. The molecular formula is C29H31N3O4. The van der Waals surface area contributed by atoms with Crippen molar-refractivity contribution in [3.63, 3.8) is 0 Å². The summed E-state index contributed by atoms with van der Waals surface area (Å²) in [6.45, 7) is 0.462. The van der Waals surface area contributed by atoms with Crippen molar-refractivity contribution in [3.05, 3.63) is 100 Å². The molecule has 2 aliphatic rings. The Kier molecular flexibility index (Phi) is 9.11. The highest BCUT2D eigenvalue weighted by molar-refractivity contribution is 5.98. The molecule has 1 aromatic carbocycles. The summed E-state index contributed by atoms with van der Waals surface area (Å²) in [5.41, 5.74) is 6.67. The van der Waals surface area contributed by atoms with Crippen molar-refractivity contribution >= 4 is 24.0 Å². The summed E-state index contributed by atoms with van der Waals surface area (Å²) >= 11 is 0. The number of aliphatic carboxylic acids is 1. The Hall–Kier alpha value is -4.26. The van der Waals surface area contributed by atoms with Crippen LogP contribution in [0.15, 0.2) is 72.3 Å². The number of nitrogens with zero attached hydrogens (tertiary/aromatic N) is 2. The monoisotopic (exact) mass is 485 g/mol. The SMILES string of the molecule is C.COc1ccccc1CNC(=O)C1=Cc2ccncc2CC1.O=C(O)C1=Cc2ccncc2CC1. The van der Waals surface area contributed by atoms with E-state index in [1.165, 1.54) is 5.56 Å². The Morgan fingerprint density at radius 3 is 2.08 bits per heavy atom. The number of fused-ring (bicyclic) bond motifs is 2. The van der Waals surface area contributed by atoms with Gasteiger partial charge in [0.25, 0.3) is 0 Å². The fourth-order valence-corrected chi connectivity index (χ4v) is 4.12. The lowest BCUT2D eigenvalue weighted by molar-refractivity contribution is -0.132. The van der Waals surface area contributed by atoms with E-state index in [4.69, 9.17) is 9.84 Å². The van der Waals surface area contributed by atoms with E-state index in [-0.39, 0.29) is 13.3 Å². The molecule has 2 heterocycles. The molecule has 5 rings (SSSR count). The molecule has 36 heavy (non-hydrogen) atoms. The molecule has 2 N–H and O–H groups in total. The lowest BCUT2D eigenvalue weighted by Crippen LogP contribution is -2.25. The first-order valence-electron chi connectivity index (χ1n) is 11.5. The second-order valence-corrected chi connectivity index (χ2v) is 8.29. The third-order valence-corrected chi connectivity index (χ3v) is 6.07. The third-order valence-electron chi connectivity index (χ3n) is 6.07. The van der Waals surface area contributed by atoms with Crippen LogP contribution in [0.1, 0.15) is 48.1 Å². The topological polar surface area (TPSA) is 101 Å². The molecule has 1 amide bonds. The number of nitrogens with one attached hydrogen (secondary N) is 1. The van der Waals surface area contributed by atoms with Gasteiger partial charge in [-0.3, -0.25) is 14.8 Å². The number of hydrogen-bond donors (Lipinski definition) is 2. The van der Waals surface area contributed by atoms with Crippen LogP contribution in [0.25, 0.3) is 12.2 Å². The van der Waals surface area contributed by atoms with Gasteiger partial charge in [-0.15, -0.1) is 0 Å². The minimum atomic E-state index is -0.817. The maximum Gasteiger partial charge on any atom is 0.331 e. The first kappa shape index (κ1) is 26.3. The number of aryl methyl sites for hydroxylation is 2. The van der Waals surface area contributed by atoms with E-state index >= 15 is 0 Å². The first-order chi connectivity index (χ1) is 17.0. The van der Waals surface area contributed by atoms with Gasteiger partial charge in [0.15, 0.2) is 0 Å². The van der Waals surface area contributed by atoms with Gasteiger partial charge in [-0.2, -0.15) is 0 Å². The minimum Gasteiger partial charge on any atom is -0.496 e. The summed E-state index contributed by atoms with van der Waals surface area (Å²) in [5, 5.41) is 11.8. The fraction of sp³-hybridized carbons (Fsp3) is 0.241. The number of amides is 1. The van der Waals surface area contributed by atoms with Crippen LogP contribution in [0, 0.1) is 0 Å². The molecule has 0 radical (unpaired) electrons. The summed E-state index contributed by atoms with van der Waals surface area (Å²) in [4.78, 5) is 31.1. The van der Waals surface area contributed by atoms with Crippen molar-refractivity contribution in [1.82, 2.24) is 15.3 Å². The van der Waals surface area contributed by atoms with Crippen molar-refractivity contribution in [3.8, 4) is 5.75 Å². The Morgan fingerprint density at radius 2 is 1.47 bits per heavy atom. The zero-order valence-corrected chi connectivity index (χ0v) is 19.5. The van der Waals surface area contributed by atoms with Gasteiger partial charge < -0.3 is 15.2 Å². The number of ether oxygens (including phenoxy) is 1. The summed E-state index contributed by atoms with van der Waals surface area (Å²) in [7, 11) is 1.63. The molecule has 0 saturated carbocycles. The molecule has 0 unspecified atom stereocenters. The molecule has 0 spiro atoms. The average molecular weight is 486 g/mol. The lowest BCUT2D eigenvalue weighted by Gasteiger charge is -2.16. The number of rotatable bonds is 5. The second-order valence-electron chi connectivity index (χ2n) is 8.29. The van der Waals surface area contributed by atoms with Gasteiger partial charge in [0.1, 0.15) is 5.75 Å². The summed E-state index contributed by atoms with van der Waals surface area (Å²) in [6.07, 6.45) is 13.8. The molecule has 2 aromatic heterocycles. The number of carboxylic acid groups (broad SMARTS) is 1. The van der Waals surface area contributed by atoms with E-state index in [1.54, 1.807) is 31.8 Å². The largest absolute Gasteiger partial charge is 0.496 e. The molecule has 186 valence electrons. The second kappa shape index (κ2) is 12.4. The van der Waals surface area contributed by atoms with Crippen LogP contribution < -0.4 is 10.1 Å². The molecular weight excluding hydrogens is 454 g/mol. The fourth-order valence-electron chi connectivity index (χ4n) is 4.12. The van der Waals surface area contributed by atoms with Gasteiger partial charge in [-0.1, -0.05) is 25.6 Å². The minimum absolute atomic E-state index is 0. The van der Waals surface area contributed by atoms with Crippen molar-refractivity contribution in [2.24, 2.45) is 0 Å². The molecule has 7 heteroatoms.